The third-order valence-corrected chi connectivity index (χ3v) is 4.82. The maximum absolute atomic E-state index is 13.0. The van der Waals surface area contributed by atoms with Gasteiger partial charge in [-0.1, -0.05) is 0 Å². The first-order valence-corrected chi connectivity index (χ1v) is 5.45. The molecule has 1 heterocycles. The van der Waals surface area contributed by atoms with Gasteiger partial charge in [-0.2, -0.15) is 0 Å². The van der Waals surface area contributed by atoms with Crippen LogP contribution in [0.3, 0.4) is 0 Å². The van der Waals surface area contributed by atoms with Gasteiger partial charge >= 0.3 is 0 Å². The Bertz CT molecular complexity index is 182. The first kappa shape index (κ1) is 8.52. The number of aliphatic hydroxyl groups excluding tert-OH is 1. The molecule has 1 aliphatic heterocycles. The van der Waals surface area contributed by atoms with E-state index in [0.29, 0.717) is 12.2 Å². The molecule has 0 aromatic rings. The van der Waals surface area contributed by atoms with E-state index in [-0.39, 0.29) is 17.0 Å². The molecule has 1 N–H and O–H groups in total. The van der Waals surface area contributed by atoms with Crippen molar-refractivity contribution in [1.82, 2.24) is 0 Å². The largest absolute Gasteiger partial charge is 0.387 e. The van der Waals surface area contributed by atoms with Crippen LogP contribution in [-0.4, -0.2) is 34.0 Å². The van der Waals surface area contributed by atoms with Gasteiger partial charge in [0, 0.05) is 6.42 Å². The second-order valence-corrected chi connectivity index (χ2v) is 5.10. The lowest BCUT2D eigenvalue weighted by molar-refractivity contribution is 0.140. The highest BCUT2D eigenvalue weighted by Gasteiger charge is 2.73. The summed E-state index contributed by atoms with van der Waals surface area (Å²) < 4.78 is 17.8. The van der Waals surface area contributed by atoms with E-state index in [1.165, 1.54) is 0 Å². The average Bonchev–Trinajstić information content (AvgIpc) is 2.48. The SMILES string of the molecule is OC1C[C@@]12[SH+]C[C@@H](F)[C@@H]2OI. The molecule has 2 aliphatic rings. The van der Waals surface area contributed by atoms with Gasteiger partial charge in [-0.15, -0.1) is 0 Å². The highest BCUT2D eigenvalue weighted by atomic mass is 127. The van der Waals surface area contributed by atoms with Crippen LogP contribution in [0.4, 0.5) is 4.39 Å². The van der Waals surface area contributed by atoms with Crippen molar-refractivity contribution in [2.75, 3.05) is 5.75 Å². The molecule has 1 saturated carbocycles. The van der Waals surface area contributed by atoms with E-state index in [4.69, 9.17) is 3.07 Å². The first-order chi connectivity index (χ1) is 5.20. The molecule has 2 rings (SSSR count). The molecule has 64 valence electrons. The monoisotopic (exact) mass is 291 g/mol. The van der Waals surface area contributed by atoms with Gasteiger partial charge in [0.1, 0.15) is 34.9 Å². The zero-order valence-electron chi connectivity index (χ0n) is 5.70. The Labute approximate surface area is 82.6 Å². The molecular weight excluding hydrogens is 282 g/mol. The van der Waals surface area contributed by atoms with Crippen LogP contribution in [0.2, 0.25) is 0 Å². The molecule has 11 heavy (non-hydrogen) atoms. The molecular formula is C6H9FIO2S+. The molecule has 0 aromatic heterocycles. The lowest BCUT2D eigenvalue weighted by Crippen LogP contribution is -2.32. The summed E-state index contributed by atoms with van der Waals surface area (Å²) in [6.45, 7) is 0. The molecule has 0 aromatic carbocycles. The second kappa shape index (κ2) is 2.71. The maximum Gasteiger partial charge on any atom is 0.184 e. The summed E-state index contributed by atoms with van der Waals surface area (Å²) >= 11 is 2.75. The summed E-state index contributed by atoms with van der Waals surface area (Å²) in [5, 5.41) is 9.28. The van der Waals surface area contributed by atoms with E-state index in [1.54, 1.807) is 23.0 Å². The maximum atomic E-state index is 13.0. The van der Waals surface area contributed by atoms with Crippen LogP contribution < -0.4 is 0 Å². The Kier molecular flexibility index (Phi) is 2.10. The normalized spacial score (nSPS) is 55.4. The van der Waals surface area contributed by atoms with Gasteiger partial charge < -0.3 is 8.17 Å². The molecule has 0 amide bonds. The predicted octanol–water partition coefficient (Wildman–Crippen LogP) is 0.392. The molecule has 5 heteroatoms. The Hall–Kier alpha value is 0.930. The quantitative estimate of drug-likeness (QED) is 0.430. The fraction of sp³-hybridized carbons (Fsp3) is 1.00. The minimum atomic E-state index is -0.884. The van der Waals surface area contributed by atoms with Gasteiger partial charge in [-0.05, 0) is 11.8 Å². The van der Waals surface area contributed by atoms with Crippen LogP contribution in [0.1, 0.15) is 6.42 Å². The molecule has 1 aliphatic carbocycles. The van der Waals surface area contributed by atoms with Crippen molar-refractivity contribution in [2.24, 2.45) is 0 Å². The van der Waals surface area contributed by atoms with Gasteiger partial charge in [-0.25, -0.2) is 4.39 Å². The van der Waals surface area contributed by atoms with Crippen molar-refractivity contribution >= 4 is 34.8 Å². The van der Waals surface area contributed by atoms with Crippen molar-refractivity contribution in [3.8, 4) is 0 Å². The third kappa shape index (κ3) is 1.12. The van der Waals surface area contributed by atoms with E-state index >= 15 is 0 Å². The summed E-state index contributed by atoms with van der Waals surface area (Å²) in [6.07, 6.45) is -0.877. The number of thiol groups is 1. The summed E-state index contributed by atoms with van der Waals surface area (Å²) in [5.41, 5.74) is 0. The summed E-state index contributed by atoms with van der Waals surface area (Å²) in [7, 11) is 0. The first-order valence-electron chi connectivity index (χ1n) is 3.49. The van der Waals surface area contributed by atoms with Crippen LogP contribution in [0.25, 0.3) is 0 Å². The molecule has 2 nitrogen and oxygen atoms in total. The molecule has 0 radical (unpaired) electrons. The standard InChI is InChI=1S/C6H8FIO2S/c7-3-2-11-6(1-4(6)9)5(3)10-8/h3-5,9H,1-2H2/p+1/t3-,4?,5+,6-/m1/s1. The van der Waals surface area contributed by atoms with Crippen molar-refractivity contribution in [3.05, 3.63) is 0 Å². The van der Waals surface area contributed by atoms with Gasteiger partial charge in [-0.3, -0.25) is 0 Å². The molecule has 4 atom stereocenters. The molecule has 1 spiro atoms. The zero-order valence-corrected chi connectivity index (χ0v) is 8.76. The fourth-order valence-corrected chi connectivity index (χ4v) is 4.20. The van der Waals surface area contributed by atoms with Crippen LogP contribution >= 0.6 is 23.0 Å². The van der Waals surface area contributed by atoms with E-state index in [0.717, 1.165) is 11.8 Å². The van der Waals surface area contributed by atoms with Crippen molar-refractivity contribution in [3.63, 3.8) is 0 Å². The van der Waals surface area contributed by atoms with E-state index in [2.05, 4.69) is 0 Å². The molecule has 2 fully saturated rings. The van der Waals surface area contributed by atoms with Gasteiger partial charge in [0.2, 0.25) is 0 Å². The summed E-state index contributed by atoms with van der Waals surface area (Å²) in [6, 6.07) is 0. The third-order valence-electron chi connectivity index (χ3n) is 2.41. The lowest BCUT2D eigenvalue weighted by Gasteiger charge is -2.10. The van der Waals surface area contributed by atoms with Crippen LogP contribution in [0.5, 0.6) is 0 Å². The Morgan fingerprint density at radius 2 is 2.36 bits per heavy atom. The highest BCUT2D eigenvalue weighted by Crippen LogP contribution is 2.50. The summed E-state index contributed by atoms with van der Waals surface area (Å²) in [5.74, 6) is 0.519. The number of aliphatic hydroxyl groups is 1. The number of alkyl halides is 1. The minimum absolute atomic E-state index is 0.236. The van der Waals surface area contributed by atoms with E-state index < -0.39 is 6.17 Å². The number of hydrogen-bond donors (Lipinski definition) is 1. The van der Waals surface area contributed by atoms with Crippen molar-refractivity contribution in [1.29, 1.82) is 0 Å². The number of halogens is 2. The highest BCUT2D eigenvalue weighted by molar-refractivity contribution is 14.1. The van der Waals surface area contributed by atoms with Crippen LogP contribution in [-0.2, 0) is 14.8 Å². The molecule has 0 bridgehead atoms. The van der Waals surface area contributed by atoms with Crippen molar-refractivity contribution < 1.29 is 12.6 Å². The summed E-state index contributed by atoms with van der Waals surface area (Å²) in [4.78, 5) is 0. The van der Waals surface area contributed by atoms with Gasteiger partial charge in [0.05, 0.1) is 0 Å². The van der Waals surface area contributed by atoms with Crippen LogP contribution in [0.15, 0.2) is 0 Å². The second-order valence-electron chi connectivity index (χ2n) is 3.08. The average molecular weight is 291 g/mol. The topological polar surface area (TPSA) is 29.5 Å². The minimum Gasteiger partial charge on any atom is -0.387 e. The van der Waals surface area contributed by atoms with Crippen LogP contribution in [0, 0.1) is 0 Å². The van der Waals surface area contributed by atoms with Gasteiger partial charge in [0.15, 0.2) is 17.0 Å². The Morgan fingerprint density at radius 1 is 1.73 bits per heavy atom. The molecule has 1 unspecified atom stereocenters. The Balaban J connectivity index is 2.12. The van der Waals surface area contributed by atoms with E-state index in [9.17, 15) is 9.50 Å². The lowest BCUT2D eigenvalue weighted by atomic mass is 10.1. The number of hydrogen-bond acceptors (Lipinski definition) is 2. The fourth-order valence-electron chi connectivity index (χ4n) is 1.62. The Morgan fingerprint density at radius 3 is 2.73 bits per heavy atom. The predicted molar refractivity (Wildman–Crippen MR) is 50.8 cm³/mol. The van der Waals surface area contributed by atoms with E-state index in [1.807, 2.05) is 0 Å². The number of rotatable bonds is 1. The van der Waals surface area contributed by atoms with Gasteiger partial charge in [0.25, 0.3) is 0 Å². The van der Waals surface area contributed by atoms with Crippen molar-refractivity contribution in [2.45, 2.75) is 29.5 Å². The smallest absolute Gasteiger partial charge is 0.184 e. The zero-order chi connectivity index (χ0) is 8.06. The molecule has 1 saturated heterocycles.